The molecule has 0 saturated heterocycles. The Hall–Kier alpha value is -1.39. The number of hydrogen-bond donors (Lipinski definition) is 2. The van der Waals surface area contributed by atoms with Crippen LogP contribution in [0.1, 0.15) is 0 Å². The van der Waals surface area contributed by atoms with Crippen LogP contribution in [-0.4, -0.2) is 17.9 Å². The highest BCUT2D eigenvalue weighted by atomic mass is 35.5. The van der Waals surface area contributed by atoms with Crippen LogP contribution in [0, 0.1) is 0 Å². The molecule has 3 nitrogen and oxygen atoms in total. The molecule has 2 atom stereocenters. The summed E-state index contributed by atoms with van der Waals surface area (Å²) in [5.41, 5.74) is 1.49. The third-order valence-electron chi connectivity index (χ3n) is 3.63. The summed E-state index contributed by atoms with van der Waals surface area (Å²) in [4.78, 5) is 12.2. The second-order valence-electron chi connectivity index (χ2n) is 5.31. The fourth-order valence-corrected chi connectivity index (χ4v) is 3.02. The fraction of sp³-hybridized carbons (Fsp3) is 0.118. The molecule has 1 aliphatic rings. The van der Waals surface area contributed by atoms with Crippen molar-refractivity contribution in [2.24, 2.45) is 0 Å². The first kappa shape index (κ1) is 17.4. The third kappa shape index (κ3) is 3.81. The molecule has 3 rings (SSSR count). The van der Waals surface area contributed by atoms with Gasteiger partial charge in [-0.3, -0.25) is 4.79 Å². The summed E-state index contributed by atoms with van der Waals surface area (Å²) < 4.78 is 0. The summed E-state index contributed by atoms with van der Waals surface area (Å²) in [5.74, 6) is -0.0290. The Morgan fingerprint density at radius 3 is 1.83 bits per heavy atom. The van der Waals surface area contributed by atoms with Crippen molar-refractivity contribution < 1.29 is 4.79 Å². The molecular weight excluding hydrogens is 390 g/mol. The van der Waals surface area contributed by atoms with Crippen molar-refractivity contribution in [2.75, 3.05) is 10.6 Å². The molecule has 2 aromatic carbocycles. The number of halogens is 4. The van der Waals surface area contributed by atoms with E-state index in [1.54, 1.807) is 48.6 Å². The molecule has 0 spiro atoms. The van der Waals surface area contributed by atoms with E-state index >= 15 is 0 Å². The number of carbonyl (C=O) groups excluding carboxylic acids is 1. The van der Waals surface area contributed by atoms with Gasteiger partial charge in [0.2, 0.25) is 0 Å². The molecule has 0 radical (unpaired) electrons. The highest BCUT2D eigenvalue weighted by Gasteiger charge is 2.30. The highest BCUT2D eigenvalue weighted by molar-refractivity contribution is 6.42. The van der Waals surface area contributed by atoms with E-state index in [0.29, 0.717) is 25.8 Å². The lowest BCUT2D eigenvalue weighted by molar-refractivity contribution is -0.114. The van der Waals surface area contributed by atoms with E-state index in [4.69, 9.17) is 46.4 Å². The van der Waals surface area contributed by atoms with E-state index in [9.17, 15) is 4.79 Å². The van der Waals surface area contributed by atoms with Crippen LogP contribution in [0.25, 0.3) is 0 Å². The van der Waals surface area contributed by atoms with E-state index in [2.05, 4.69) is 10.6 Å². The van der Waals surface area contributed by atoms with Crippen molar-refractivity contribution >= 4 is 63.6 Å². The number of benzene rings is 2. The van der Waals surface area contributed by atoms with Crippen molar-refractivity contribution in [3.8, 4) is 0 Å². The van der Waals surface area contributed by atoms with Gasteiger partial charge in [0.1, 0.15) is 6.04 Å². The summed E-state index contributed by atoms with van der Waals surface area (Å²) in [6.45, 7) is 0. The molecule has 0 saturated carbocycles. The molecule has 2 aromatic rings. The number of nitrogens with one attached hydrogen (secondary N) is 2. The molecule has 0 aliphatic heterocycles. The summed E-state index contributed by atoms with van der Waals surface area (Å²) in [6.07, 6.45) is 3.35. The number of hydrogen-bond acceptors (Lipinski definition) is 3. The standard InChI is InChI=1S/C17H12Cl4N2O/c18-11-3-1-9(7-13(11)20)22-15-5-6-16(24)17(15)23-10-2-4-12(19)14(21)8-10/h1-8,15,17,22-23H/t15-,17+/m0/s1. The average Bonchev–Trinajstić information content (AvgIpc) is 2.87. The van der Waals surface area contributed by atoms with Crippen LogP contribution < -0.4 is 10.6 Å². The Morgan fingerprint density at radius 1 is 0.750 bits per heavy atom. The second kappa shape index (κ2) is 7.24. The van der Waals surface area contributed by atoms with Gasteiger partial charge in [0.25, 0.3) is 0 Å². The van der Waals surface area contributed by atoms with Crippen LogP contribution in [0.2, 0.25) is 20.1 Å². The molecule has 0 fully saturated rings. The third-order valence-corrected chi connectivity index (χ3v) is 5.11. The average molecular weight is 402 g/mol. The van der Waals surface area contributed by atoms with Crippen LogP contribution in [0.15, 0.2) is 48.6 Å². The lowest BCUT2D eigenvalue weighted by atomic mass is 10.1. The zero-order valence-electron chi connectivity index (χ0n) is 12.2. The number of ketones is 1. The number of carbonyl (C=O) groups is 1. The SMILES string of the molecule is O=C1C=C[C@H](Nc2ccc(Cl)c(Cl)c2)[C@H]1Nc1ccc(Cl)c(Cl)c1. The Morgan fingerprint density at radius 2 is 1.29 bits per heavy atom. The minimum Gasteiger partial charge on any atom is -0.376 e. The van der Waals surface area contributed by atoms with Crippen LogP contribution in [0.4, 0.5) is 11.4 Å². The number of rotatable bonds is 4. The maximum Gasteiger partial charge on any atom is 0.180 e. The largest absolute Gasteiger partial charge is 0.376 e. The van der Waals surface area contributed by atoms with Gasteiger partial charge >= 0.3 is 0 Å². The van der Waals surface area contributed by atoms with E-state index in [1.807, 2.05) is 0 Å². The smallest absolute Gasteiger partial charge is 0.180 e. The van der Waals surface area contributed by atoms with Crippen molar-refractivity contribution in [3.05, 3.63) is 68.6 Å². The van der Waals surface area contributed by atoms with E-state index in [1.165, 1.54) is 0 Å². The second-order valence-corrected chi connectivity index (χ2v) is 6.94. The maximum atomic E-state index is 12.2. The van der Waals surface area contributed by atoms with E-state index < -0.39 is 6.04 Å². The molecule has 0 heterocycles. The molecule has 7 heteroatoms. The molecule has 0 aromatic heterocycles. The monoisotopic (exact) mass is 400 g/mol. The topological polar surface area (TPSA) is 41.1 Å². The van der Waals surface area contributed by atoms with Crippen molar-refractivity contribution in [2.45, 2.75) is 12.1 Å². The minimum atomic E-state index is -0.461. The quantitative estimate of drug-likeness (QED) is 0.690. The van der Waals surface area contributed by atoms with Crippen LogP contribution in [0.5, 0.6) is 0 Å². The van der Waals surface area contributed by atoms with E-state index in [0.717, 1.165) is 5.69 Å². The molecular formula is C17H12Cl4N2O. The van der Waals surface area contributed by atoms with Gasteiger partial charge in [-0.15, -0.1) is 0 Å². The lowest BCUT2D eigenvalue weighted by Gasteiger charge is -2.23. The zero-order valence-corrected chi connectivity index (χ0v) is 15.2. The van der Waals surface area contributed by atoms with Gasteiger partial charge in [-0.25, -0.2) is 0 Å². The maximum absolute atomic E-state index is 12.2. The first-order valence-corrected chi connectivity index (χ1v) is 8.60. The van der Waals surface area contributed by atoms with Crippen molar-refractivity contribution in [1.82, 2.24) is 0 Å². The summed E-state index contributed by atoms with van der Waals surface area (Å²) in [6, 6.07) is 9.68. The van der Waals surface area contributed by atoms with Crippen molar-refractivity contribution in [1.29, 1.82) is 0 Å². The molecule has 24 heavy (non-hydrogen) atoms. The lowest BCUT2D eigenvalue weighted by Crippen LogP contribution is -2.39. The molecule has 124 valence electrons. The fourth-order valence-electron chi connectivity index (χ4n) is 2.43. The van der Waals surface area contributed by atoms with Gasteiger partial charge in [-0.05, 0) is 42.5 Å². The molecule has 0 unspecified atom stereocenters. The van der Waals surface area contributed by atoms with Gasteiger partial charge in [0.15, 0.2) is 5.78 Å². The Balaban J connectivity index is 1.77. The van der Waals surface area contributed by atoms with Gasteiger partial charge in [-0.2, -0.15) is 0 Å². The highest BCUT2D eigenvalue weighted by Crippen LogP contribution is 2.28. The minimum absolute atomic E-state index is 0.0290. The molecule has 0 bridgehead atoms. The van der Waals surface area contributed by atoms with Gasteiger partial charge in [0, 0.05) is 11.4 Å². The summed E-state index contributed by atoms with van der Waals surface area (Å²) in [7, 11) is 0. The Bertz CT molecular complexity index is 822. The van der Waals surface area contributed by atoms with Gasteiger partial charge in [-0.1, -0.05) is 52.5 Å². The predicted molar refractivity (Wildman–Crippen MR) is 102 cm³/mol. The van der Waals surface area contributed by atoms with Crippen molar-refractivity contribution in [3.63, 3.8) is 0 Å². The summed E-state index contributed by atoms with van der Waals surface area (Å²) in [5, 5.41) is 8.25. The molecule has 1 aliphatic carbocycles. The van der Waals surface area contributed by atoms with E-state index in [-0.39, 0.29) is 11.8 Å². The Labute approximate surface area is 159 Å². The van der Waals surface area contributed by atoms with Gasteiger partial charge in [0.05, 0.1) is 26.1 Å². The summed E-state index contributed by atoms with van der Waals surface area (Å²) >= 11 is 23.9. The van der Waals surface area contributed by atoms with Crippen LogP contribution in [-0.2, 0) is 4.79 Å². The predicted octanol–water partition coefficient (Wildman–Crippen LogP) is 5.70. The number of anilines is 2. The normalized spacial score (nSPS) is 19.6. The molecule has 0 amide bonds. The van der Waals surface area contributed by atoms with Gasteiger partial charge < -0.3 is 10.6 Å². The Kier molecular flexibility index (Phi) is 5.26. The zero-order chi connectivity index (χ0) is 17.3. The first-order chi connectivity index (χ1) is 11.4. The first-order valence-electron chi connectivity index (χ1n) is 7.09. The van der Waals surface area contributed by atoms with Crippen LogP contribution >= 0.6 is 46.4 Å². The van der Waals surface area contributed by atoms with Crippen LogP contribution in [0.3, 0.4) is 0 Å². The molecule has 2 N–H and O–H groups in total.